The van der Waals surface area contributed by atoms with Crippen LogP contribution in [0.4, 0.5) is 0 Å². The maximum absolute atomic E-state index is 6.25. The number of aromatic nitrogens is 2. The van der Waals surface area contributed by atoms with Crippen LogP contribution in [0.3, 0.4) is 0 Å². The molecule has 7 rings (SSSR count). The van der Waals surface area contributed by atoms with Gasteiger partial charge < -0.3 is 9.31 Å². The highest BCUT2D eigenvalue weighted by atomic mass is 32.1. The van der Waals surface area contributed by atoms with Crippen molar-refractivity contribution in [3.63, 3.8) is 0 Å². The number of thiophene rings is 1. The monoisotopic (exact) mass is 514 g/mol. The smallest absolute Gasteiger partial charge is 0.399 e. The van der Waals surface area contributed by atoms with Crippen LogP contribution in [-0.4, -0.2) is 28.3 Å². The van der Waals surface area contributed by atoms with E-state index in [0.29, 0.717) is 0 Å². The van der Waals surface area contributed by atoms with E-state index in [1.165, 1.54) is 20.2 Å². The summed E-state index contributed by atoms with van der Waals surface area (Å²) in [7, 11) is -0.390. The molecule has 1 aliphatic rings. The van der Waals surface area contributed by atoms with Crippen molar-refractivity contribution in [3.8, 4) is 22.6 Å². The maximum atomic E-state index is 6.25. The van der Waals surface area contributed by atoms with Crippen molar-refractivity contribution in [1.82, 2.24) is 9.97 Å². The summed E-state index contributed by atoms with van der Waals surface area (Å²) in [6.07, 6.45) is 0. The first kappa shape index (κ1) is 23.5. The summed E-state index contributed by atoms with van der Waals surface area (Å²) in [5.74, 6) is 0.728. The maximum Gasteiger partial charge on any atom is 0.494 e. The van der Waals surface area contributed by atoms with Gasteiger partial charge in [0, 0.05) is 36.7 Å². The fourth-order valence-electron chi connectivity index (χ4n) is 5.07. The van der Waals surface area contributed by atoms with E-state index in [4.69, 9.17) is 19.3 Å². The highest BCUT2D eigenvalue weighted by Crippen LogP contribution is 2.38. The Hall–Kier alpha value is -3.58. The Morgan fingerprint density at radius 1 is 0.632 bits per heavy atom. The van der Waals surface area contributed by atoms with Gasteiger partial charge in [0.1, 0.15) is 0 Å². The Kier molecular flexibility index (Phi) is 5.24. The number of nitrogens with zero attached hydrogens (tertiary/aromatic N) is 2. The summed E-state index contributed by atoms with van der Waals surface area (Å²) in [6.45, 7) is 8.30. The Labute approximate surface area is 226 Å². The molecule has 0 radical (unpaired) electrons. The Morgan fingerprint density at radius 2 is 1.26 bits per heavy atom. The lowest BCUT2D eigenvalue weighted by Gasteiger charge is -2.32. The van der Waals surface area contributed by atoms with E-state index in [0.717, 1.165) is 39.0 Å². The van der Waals surface area contributed by atoms with Crippen molar-refractivity contribution in [2.24, 2.45) is 0 Å². The molecule has 0 bridgehead atoms. The predicted molar refractivity (Wildman–Crippen MR) is 159 cm³/mol. The molecule has 1 aliphatic heterocycles. The van der Waals surface area contributed by atoms with Crippen LogP contribution < -0.4 is 5.46 Å². The minimum atomic E-state index is -0.390. The van der Waals surface area contributed by atoms with E-state index in [9.17, 15) is 0 Å². The summed E-state index contributed by atoms with van der Waals surface area (Å²) < 4.78 is 15.1. The Balaban J connectivity index is 1.32. The molecular formula is C32H27BN2O2S. The normalized spacial score (nSPS) is 16.6. The highest BCUT2D eigenvalue weighted by Gasteiger charge is 2.51. The molecule has 4 aromatic carbocycles. The van der Waals surface area contributed by atoms with Gasteiger partial charge in [0.05, 0.1) is 22.4 Å². The van der Waals surface area contributed by atoms with Gasteiger partial charge in [-0.2, -0.15) is 0 Å². The van der Waals surface area contributed by atoms with Gasteiger partial charge >= 0.3 is 7.12 Å². The van der Waals surface area contributed by atoms with Crippen LogP contribution in [-0.2, 0) is 9.31 Å². The number of rotatable bonds is 3. The van der Waals surface area contributed by atoms with Gasteiger partial charge in [-0.25, -0.2) is 9.97 Å². The van der Waals surface area contributed by atoms with E-state index >= 15 is 0 Å². The first-order valence-corrected chi connectivity index (χ1v) is 13.8. The summed E-state index contributed by atoms with van der Waals surface area (Å²) in [5, 5.41) is 3.54. The second kappa shape index (κ2) is 8.47. The second-order valence-corrected chi connectivity index (χ2v) is 12.0. The van der Waals surface area contributed by atoms with Crippen LogP contribution in [0.1, 0.15) is 27.7 Å². The topological polar surface area (TPSA) is 44.2 Å². The number of fused-ring (bicyclic) bond motifs is 4. The molecule has 0 saturated carbocycles. The Morgan fingerprint density at radius 3 is 2.03 bits per heavy atom. The largest absolute Gasteiger partial charge is 0.494 e. The van der Waals surface area contributed by atoms with Crippen LogP contribution in [0, 0.1) is 0 Å². The third-order valence-electron chi connectivity index (χ3n) is 7.95. The lowest BCUT2D eigenvalue weighted by molar-refractivity contribution is 0.00578. The van der Waals surface area contributed by atoms with Crippen molar-refractivity contribution in [2.75, 3.05) is 0 Å². The summed E-state index contributed by atoms with van der Waals surface area (Å²) in [4.78, 5) is 10.1. The van der Waals surface area contributed by atoms with Crippen LogP contribution >= 0.6 is 11.3 Å². The second-order valence-electron chi connectivity index (χ2n) is 10.9. The van der Waals surface area contributed by atoms with Crippen molar-refractivity contribution in [1.29, 1.82) is 0 Å². The lowest BCUT2D eigenvalue weighted by atomic mass is 9.78. The van der Waals surface area contributed by atoms with Crippen molar-refractivity contribution < 1.29 is 9.31 Å². The molecule has 4 nitrogen and oxygen atoms in total. The molecule has 6 heteroatoms. The van der Waals surface area contributed by atoms with E-state index in [2.05, 4.69) is 107 Å². The zero-order valence-corrected chi connectivity index (χ0v) is 22.7. The summed E-state index contributed by atoms with van der Waals surface area (Å²) in [6, 6.07) is 31.7. The molecule has 0 aliphatic carbocycles. The van der Waals surface area contributed by atoms with Crippen molar-refractivity contribution >= 4 is 55.0 Å². The first-order valence-electron chi connectivity index (χ1n) is 12.9. The van der Waals surface area contributed by atoms with E-state index in [-0.39, 0.29) is 18.3 Å². The van der Waals surface area contributed by atoms with E-state index < -0.39 is 0 Å². The standard InChI is InChI=1S/C32H27BN2O2S/c1-31(2)32(3,4)37-33(36-31)22-16-13-20(14-17-22)29-24-10-5-7-11-26(24)34-30(35-29)21-15-18-28-25(19-21)23-9-6-8-12-27(23)38-28/h5-19H,1-4H3. The highest BCUT2D eigenvalue weighted by molar-refractivity contribution is 7.25. The number of hydrogen-bond donors (Lipinski definition) is 0. The van der Waals surface area contributed by atoms with Crippen LogP contribution in [0.25, 0.3) is 53.7 Å². The molecule has 2 aromatic heterocycles. The molecular weight excluding hydrogens is 487 g/mol. The summed E-state index contributed by atoms with van der Waals surface area (Å²) >= 11 is 1.82. The van der Waals surface area contributed by atoms with Gasteiger partial charge in [-0.15, -0.1) is 11.3 Å². The summed E-state index contributed by atoms with van der Waals surface area (Å²) in [5.41, 5.74) is 4.15. The third-order valence-corrected chi connectivity index (χ3v) is 9.10. The quantitative estimate of drug-likeness (QED) is 0.228. The number of para-hydroxylation sites is 1. The molecule has 0 N–H and O–H groups in total. The minimum Gasteiger partial charge on any atom is -0.399 e. The van der Waals surface area contributed by atoms with Crippen LogP contribution in [0.5, 0.6) is 0 Å². The fourth-order valence-corrected chi connectivity index (χ4v) is 6.15. The van der Waals surface area contributed by atoms with Gasteiger partial charge in [-0.3, -0.25) is 0 Å². The zero-order valence-electron chi connectivity index (χ0n) is 21.9. The minimum absolute atomic E-state index is 0.372. The molecule has 0 amide bonds. The molecule has 3 heterocycles. The Bertz CT molecular complexity index is 1830. The third kappa shape index (κ3) is 3.75. The molecule has 6 aromatic rings. The number of benzene rings is 4. The predicted octanol–water partition coefficient (Wildman–Crippen LogP) is 7.63. The average Bonchev–Trinajstić information content (AvgIpc) is 3.40. The van der Waals surface area contributed by atoms with Gasteiger partial charge in [0.2, 0.25) is 0 Å². The average molecular weight is 514 g/mol. The molecule has 1 saturated heterocycles. The van der Waals surface area contributed by atoms with Crippen molar-refractivity contribution in [3.05, 3.63) is 91.0 Å². The molecule has 186 valence electrons. The molecule has 1 fully saturated rings. The SMILES string of the molecule is CC1(C)OB(c2ccc(-c3nc(-c4ccc5sc6ccccc6c5c4)nc4ccccc34)cc2)OC1(C)C. The van der Waals surface area contributed by atoms with Gasteiger partial charge in [-0.05, 0) is 63.5 Å². The lowest BCUT2D eigenvalue weighted by Crippen LogP contribution is -2.41. The fraction of sp³-hybridized carbons (Fsp3) is 0.188. The van der Waals surface area contributed by atoms with Crippen molar-refractivity contribution in [2.45, 2.75) is 38.9 Å². The van der Waals surface area contributed by atoms with Gasteiger partial charge in [0.25, 0.3) is 0 Å². The molecule has 38 heavy (non-hydrogen) atoms. The van der Waals surface area contributed by atoms with E-state index in [1.807, 2.05) is 23.5 Å². The van der Waals surface area contributed by atoms with Gasteiger partial charge in [0.15, 0.2) is 5.82 Å². The van der Waals surface area contributed by atoms with Crippen LogP contribution in [0.2, 0.25) is 0 Å². The molecule has 0 unspecified atom stereocenters. The molecule has 0 atom stereocenters. The van der Waals surface area contributed by atoms with Crippen LogP contribution in [0.15, 0.2) is 91.0 Å². The zero-order chi connectivity index (χ0) is 26.1. The number of hydrogen-bond acceptors (Lipinski definition) is 5. The molecule has 0 spiro atoms. The first-order chi connectivity index (χ1) is 18.3. The van der Waals surface area contributed by atoms with Gasteiger partial charge in [-0.1, -0.05) is 60.7 Å². The van der Waals surface area contributed by atoms with E-state index in [1.54, 1.807) is 0 Å².